The van der Waals surface area contributed by atoms with Crippen LogP contribution in [0.1, 0.15) is 19.3 Å². The number of rotatable bonds is 12. The Morgan fingerprint density at radius 3 is 2.22 bits per heavy atom. The smallest absolute Gasteiger partial charge is 0.304 e. The number of ketones is 1. The minimum atomic E-state index is -1.62. The SMILES string of the molecule is COC(CCC(=O)O)(CN=[N+]=[N-])C(CC(=O)O)C(=O)CN=[N+]=[N-]. The van der Waals surface area contributed by atoms with Gasteiger partial charge in [-0.05, 0) is 17.5 Å². The van der Waals surface area contributed by atoms with Crippen molar-refractivity contribution in [3.63, 3.8) is 0 Å². The molecular weight excluding hydrogens is 312 g/mol. The third kappa shape index (κ3) is 6.66. The standard InChI is InChI=1S/C11H16N6O6/c1-23-11(6-15-17-13,3-2-9(19)20)7(4-10(21)22)8(18)5-14-16-12/h7H,2-6H2,1H3,(H,19,20)(H,21,22). The van der Waals surface area contributed by atoms with Gasteiger partial charge in [0.15, 0.2) is 0 Å². The topological polar surface area (TPSA) is 198 Å². The molecule has 0 saturated carbocycles. The molecule has 12 nitrogen and oxygen atoms in total. The van der Waals surface area contributed by atoms with Crippen LogP contribution in [0.3, 0.4) is 0 Å². The number of carboxylic acid groups (broad SMARTS) is 2. The highest BCUT2D eigenvalue weighted by Crippen LogP contribution is 2.32. The maximum atomic E-state index is 12.2. The summed E-state index contributed by atoms with van der Waals surface area (Å²) in [5.74, 6) is -4.60. The Kier molecular flexibility index (Phi) is 8.78. The summed E-state index contributed by atoms with van der Waals surface area (Å²) < 4.78 is 5.21. The van der Waals surface area contributed by atoms with Gasteiger partial charge in [-0.3, -0.25) is 14.4 Å². The van der Waals surface area contributed by atoms with Gasteiger partial charge in [0, 0.05) is 23.4 Å². The normalized spacial score (nSPS) is 13.8. The molecule has 0 fully saturated rings. The minimum Gasteiger partial charge on any atom is -0.481 e. The Bertz CT molecular complexity index is 553. The van der Waals surface area contributed by atoms with Crippen molar-refractivity contribution in [1.82, 2.24) is 0 Å². The van der Waals surface area contributed by atoms with E-state index >= 15 is 0 Å². The number of carboxylic acids is 2. The van der Waals surface area contributed by atoms with E-state index in [1.165, 1.54) is 0 Å². The van der Waals surface area contributed by atoms with E-state index in [2.05, 4.69) is 20.1 Å². The first kappa shape index (κ1) is 20.2. The molecule has 2 unspecified atom stereocenters. The molecular formula is C11H16N6O6. The maximum absolute atomic E-state index is 12.2. The van der Waals surface area contributed by atoms with Crippen LogP contribution in [-0.2, 0) is 19.1 Å². The molecule has 12 heteroatoms. The van der Waals surface area contributed by atoms with Gasteiger partial charge in [-0.25, -0.2) is 0 Å². The second-order valence-electron chi connectivity index (χ2n) is 4.56. The summed E-state index contributed by atoms with van der Waals surface area (Å²) >= 11 is 0. The number of Topliss-reactive ketones (excluding diaryl/α,β-unsaturated/α-hetero) is 1. The van der Waals surface area contributed by atoms with Crippen LogP contribution in [0.2, 0.25) is 0 Å². The minimum absolute atomic E-state index is 0.252. The summed E-state index contributed by atoms with van der Waals surface area (Å²) in [4.78, 5) is 38.9. The molecule has 0 aromatic carbocycles. The van der Waals surface area contributed by atoms with Gasteiger partial charge < -0.3 is 14.9 Å². The van der Waals surface area contributed by atoms with Crippen molar-refractivity contribution in [2.24, 2.45) is 16.1 Å². The Morgan fingerprint density at radius 1 is 1.17 bits per heavy atom. The van der Waals surface area contributed by atoms with Gasteiger partial charge in [0.1, 0.15) is 5.78 Å². The second-order valence-corrected chi connectivity index (χ2v) is 4.56. The van der Waals surface area contributed by atoms with E-state index in [9.17, 15) is 14.4 Å². The van der Waals surface area contributed by atoms with Gasteiger partial charge in [-0.2, -0.15) is 0 Å². The number of nitrogens with zero attached hydrogens (tertiary/aromatic N) is 6. The third-order valence-electron chi connectivity index (χ3n) is 3.26. The molecule has 0 heterocycles. The first-order chi connectivity index (χ1) is 10.8. The van der Waals surface area contributed by atoms with Crippen LogP contribution in [-0.4, -0.2) is 53.7 Å². The predicted octanol–water partition coefficient (Wildman–Crippen LogP) is 1.52. The fourth-order valence-corrected chi connectivity index (χ4v) is 2.12. The Morgan fingerprint density at radius 2 is 1.78 bits per heavy atom. The van der Waals surface area contributed by atoms with Crippen LogP contribution in [0.4, 0.5) is 0 Å². The summed E-state index contributed by atoms with van der Waals surface area (Å²) in [6, 6.07) is 0. The molecule has 2 N–H and O–H groups in total. The van der Waals surface area contributed by atoms with Gasteiger partial charge in [0.25, 0.3) is 0 Å². The van der Waals surface area contributed by atoms with Gasteiger partial charge in [0.2, 0.25) is 0 Å². The molecule has 0 aliphatic carbocycles. The number of methoxy groups -OCH3 is 1. The molecule has 0 amide bonds. The Hall–Kier alpha value is -2.81. The van der Waals surface area contributed by atoms with Crippen LogP contribution >= 0.6 is 0 Å². The van der Waals surface area contributed by atoms with E-state index in [0.717, 1.165) is 7.11 Å². The zero-order chi connectivity index (χ0) is 17.9. The lowest BCUT2D eigenvalue weighted by atomic mass is 9.78. The number of azide groups is 2. The van der Waals surface area contributed by atoms with E-state index < -0.39 is 55.2 Å². The van der Waals surface area contributed by atoms with Crippen molar-refractivity contribution < 1.29 is 29.3 Å². The van der Waals surface area contributed by atoms with Crippen molar-refractivity contribution in [2.75, 3.05) is 20.2 Å². The van der Waals surface area contributed by atoms with E-state index in [-0.39, 0.29) is 6.42 Å². The summed E-state index contributed by atoms with van der Waals surface area (Å²) in [6.07, 6.45) is -1.37. The second kappa shape index (κ2) is 10.0. The summed E-state index contributed by atoms with van der Waals surface area (Å²) in [7, 11) is 1.16. The lowest BCUT2D eigenvalue weighted by Gasteiger charge is -2.37. The average Bonchev–Trinajstić information content (AvgIpc) is 2.51. The number of carbonyl (C=O) groups excluding carboxylic acids is 1. The van der Waals surface area contributed by atoms with Crippen molar-refractivity contribution in [2.45, 2.75) is 24.9 Å². The number of carbonyl (C=O) groups is 3. The number of ether oxygens (including phenoxy) is 1. The molecule has 0 rings (SSSR count). The molecule has 0 saturated heterocycles. The average molecular weight is 328 g/mol. The van der Waals surface area contributed by atoms with Gasteiger partial charge in [-0.15, -0.1) is 0 Å². The Balaban J connectivity index is 5.76. The molecule has 23 heavy (non-hydrogen) atoms. The lowest BCUT2D eigenvalue weighted by molar-refractivity contribution is -0.151. The van der Waals surface area contributed by atoms with E-state index in [0.29, 0.717) is 0 Å². The molecule has 0 aliphatic rings. The molecule has 0 aromatic rings. The summed E-state index contributed by atoms with van der Waals surface area (Å²) in [6.45, 7) is -1.06. The van der Waals surface area contributed by atoms with Crippen LogP contribution in [0.25, 0.3) is 20.9 Å². The quantitative estimate of drug-likeness (QED) is 0.309. The number of hydrogen-bond acceptors (Lipinski definition) is 6. The van der Waals surface area contributed by atoms with Gasteiger partial charge in [-0.1, -0.05) is 10.2 Å². The largest absolute Gasteiger partial charge is 0.481 e. The highest BCUT2D eigenvalue weighted by Gasteiger charge is 2.43. The highest BCUT2D eigenvalue weighted by atomic mass is 16.5. The zero-order valence-electron chi connectivity index (χ0n) is 12.3. The molecule has 0 aliphatic heterocycles. The highest BCUT2D eigenvalue weighted by molar-refractivity contribution is 5.87. The number of aliphatic carboxylic acids is 2. The van der Waals surface area contributed by atoms with Gasteiger partial charge >= 0.3 is 11.9 Å². The van der Waals surface area contributed by atoms with E-state index in [4.69, 9.17) is 26.0 Å². The van der Waals surface area contributed by atoms with Crippen LogP contribution < -0.4 is 0 Å². The van der Waals surface area contributed by atoms with Gasteiger partial charge in [0.05, 0.1) is 31.0 Å². The first-order valence-electron chi connectivity index (χ1n) is 6.36. The molecule has 2 atom stereocenters. The third-order valence-corrected chi connectivity index (χ3v) is 3.26. The van der Waals surface area contributed by atoms with Crippen LogP contribution in [0, 0.1) is 5.92 Å². The lowest BCUT2D eigenvalue weighted by Crippen LogP contribution is -2.48. The molecule has 0 bridgehead atoms. The number of hydrogen-bond donors (Lipinski definition) is 2. The molecule has 0 radical (unpaired) electrons. The van der Waals surface area contributed by atoms with Crippen molar-refractivity contribution in [3.05, 3.63) is 20.9 Å². The van der Waals surface area contributed by atoms with E-state index in [1.54, 1.807) is 0 Å². The molecule has 126 valence electrons. The molecule has 0 spiro atoms. The maximum Gasteiger partial charge on any atom is 0.304 e. The van der Waals surface area contributed by atoms with Crippen LogP contribution in [0.5, 0.6) is 0 Å². The van der Waals surface area contributed by atoms with E-state index in [1.807, 2.05) is 0 Å². The van der Waals surface area contributed by atoms with Crippen molar-refractivity contribution >= 4 is 17.7 Å². The first-order valence-corrected chi connectivity index (χ1v) is 6.36. The molecule has 0 aromatic heterocycles. The monoisotopic (exact) mass is 328 g/mol. The van der Waals surface area contributed by atoms with Crippen molar-refractivity contribution in [1.29, 1.82) is 0 Å². The van der Waals surface area contributed by atoms with Crippen molar-refractivity contribution in [3.8, 4) is 0 Å². The summed E-state index contributed by atoms with van der Waals surface area (Å²) in [5, 5.41) is 24.2. The van der Waals surface area contributed by atoms with Crippen LogP contribution in [0.15, 0.2) is 10.2 Å². The Labute approximate surface area is 130 Å². The fourth-order valence-electron chi connectivity index (χ4n) is 2.12. The fraction of sp³-hybridized carbons (Fsp3) is 0.727. The predicted molar refractivity (Wildman–Crippen MR) is 75.4 cm³/mol. The zero-order valence-corrected chi connectivity index (χ0v) is 12.3. The summed E-state index contributed by atoms with van der Waals surface area (Å²) in [5.41, 5.74) is 15.1.